The first-order valence-corrected chi connectivity index (χ1v) is 14.1. The standard InChI is InChI=1S/C24H33N2.C9H12N.BF4.Pd/c1-16(2)21-9-8-10-22(17(3)4)24(21)26-12-11-25(15-26)23-19(6)13-18(5)14-20(23)7;1-10(2)8-9-6-4-3-5-7-9;2-1(3,4)5;/h8-10,13-17H,11-12H2,1-7H3;3-6H,8H2,1-2H3;;/q3*-1;. The average Bonchev–Trinajstić information content (AvgIpc) is 3.31. The molecule has 0 aromatic heterocycles. The van der Waals surface area contributed by atoms with E-state index in [2.05, 4.69) is 126 Å². The van der Waals surface area contributed by atoms with Gasteiger partial charge < -0.3 is 32.0 Å². The van der Waals surface area contributed by atoms with Gasteiger partial charge in [0.2, 0.25) is 0 Å². The van der Waals surface area contributed by atoms with Crippen molar-refractivity contribution in [2.24, 2.45) is 0 Å². The molecule has 9 heteroatoms. The summed E-state index contributed by atoms with van der Waals surface area (Å²) in [6.07, 6.45) is 0. The molecule has 1 heterocycles. The Hall–Kier alpha value is -2.33. The first kappa shape index (κ1) is 37.7. The second kappa shape index (κ2) is 17.1. The number of hydrogen-bond donors (Lipinski definition) is 0. The van der Waals surface area contributed by atoms with E-state index < -0.39 is 7.25 Å². The van der Waals surface area contributed by atoms with Crippen molar-refractivity contribution in [3.05, 3.63) is 101 Å². The number of aryl methyl sites for hydroxylation is 3. The molecule has 3 aromatic carbocycles. The summed E-state index contributed by atoms with van der Waals surface area (Å²) in [5, 5.41) is 0. The molecule has 0 N–H and O–H groups in total. The molecule has 1 aliphatic rings. The molecular formula is C33H45BF4N3Pd-3. The summed E-state index contributed by atoms with van der Waals surface area (Å²) in [5.41, 5.74) is 11.0. The predicted molar refractivity (Wildman–Crippen MR) is 167 cm³/mol. The molecule has 0 bridgehead atoms. The van der Waals surface area contributed by atoms with E-state index in [-0.39, 0.29) is 20.4 Å². The summed E-state index contributed by atoms with van der Waals surface area (Å²) in [6, 6.07) is 22.6. The molecule has 0 saturated carbocycles. The van der Waals surface area contributed by atoms with E-state index >= 15 is 0 Å². The summed E-state index contributed by atoms with van der Waals surface area (Å²) < 4.78 is 39.0. The monoisotopic (exact) mass is 676 g/mol. The zero-order valence-electron chi connectivity index (χ0n) is 26.3. The zero-order chi connectivity index (χ0) is 30.9. The van der Waals surface area contributed by atoms with E-state index in [1.54, 1.807) is 0 Å². The summed E-state index contributed by atoms with van der Waals surface area (Å²) in [7, 11) is -1.89. The van der Waals surface area contributed by atoms with Gasteiger partial charge in [-0.25, -0.2) is 0 Å². The molecule has 236 valence electrons. The molecular weight excluding hydrogens is 632 g/mol. The van der Waals surface area contributed by atoms with Crippen LogP contribution in [0.15, 0.2) is 54.6 Å². The van der Waals surface area contributed by atoms with Crippen molar-refractivity contribution in [1.82, 2.24) is 4.90 Å². The van der Waals surface area contributed by atoms with Crippen LogP contribution in [0, 0.1) is 33.5 Å². The van der Waals surface area contributed by atoms with Crippen LogP contribution in [0.3, 0.4) is 0 Å². The molecule has 42 heavy (non-hydrogen) atoms. The maximum Gasteiger partial charge on any atom is 0.673 e. The van der Waals surface area contributed by atoms with Crippen LogP contribution in [0.4, 0.5) is 28.6 Å². The van der Waals surface area contributed by atoms with Crippen molar-refractivity contribution in [3.63, 3.8) is 0 Å². The minimum Gasteiger partial charge on any atom is -0.502 e. The van der Waals surface area contributed by atoms with Crippen LogP contribution in [0.2, 0.25) is 0 Å². The Morgan fingerprint density at radius 2 is 1.29 bits per heavy atom. The van der Waals surface area contributed by atoms with Gasteiger partial charge in [-0.1, -0.05) is 63.6 Å². The minimum absolute atomic E-state index is 0. The minimum atomic E-state index is -6.00. The second-order valence-electron chi connectivity index (χ2n) is 11.5. The molecule has 0 unspecified atom stereocenters. The van der Waals surface area contributed by atoms with Crippen LogP contribution >= 0.6 is 0 Å². The number of halogens is 4. The number of hydrogen-bond acceptors (Lipinski definition) is 3. The largest absolute Gasteiger partial charge is 0.673 e. The van der Waals surface area contributed by atoms with E-state index in [1.165, 1.54) is 44.8 Å². The number of benzene rings is 3. The van der Waals surface area contributed by atoms with Crippen LogP contribution in [0.1, 0.15) is 72.9 Å². The first-order valence-electron chi connectivity index (χ1n) is 14.1. The van der Waals surface area contributed by atoms with Crippen molar-refractivity contribution in [2.45, 2.75) is 66.8 Å². The smallest absolute Gasteiger partial charge is 0.502 e. The second-order valence-corrected chi connectivity index (χ2v) is 11.5. The van der Waals surface area contributed by atoms with Gasteiger partial charge in [-0.15, -0.1) is 5.56 Å². The number of rotatable bonds is 6. The van der Waals surface area contributed by atoms with E-state index in [1.807, 2.05) is 18.2 Å². The summed E-state index contributed by atoms with van der Waals surface area (Å²) in [5.74, 6) is 1.04. The van der Waals surface area contributed by atoms with Gasteiger partial charge in [0.1, 0.15) is 0 Å². The zero-order valence-corrected chi connectivity index (χ0v) is 27.9. The third-order valence-corrected chi connectivity index (χ3v) is 6.67. The van der Waals surface area contributed by atoms with Gasteiger partial charge in [-0.3, -0.25) is 0 Å². The van der Waals surface area contributed by atoms with Gasteiger partial charge in [-0.2, -0.15) is 37.0 Å². The molecule has 0 aliphatic carbocycles. The Labute approximate surface area is 265 Å². The van der Waals surface area contributed by atoms with E-state index in [4.69, 9.17) is 0 Å². The third kappa shape index (κ3) is 12.1. The molecule has 0 spiro atoms. The normalized spacial score (nSPS) is 13.0. The Kier molecular flexibility index (Phi) is 15.3. The van der Waals surface area contributed by atoms with E-state index in [0.29, 0.717) is 11.8 Å². The number of para-hydroxylation sites is 1. The van der Waals surface area contributed by atoms with E-state index in [0.717, 1.165) is 19.6 Å². The molecule has 0 amide bonds. The average molecular weight is 677 g/mol. The third-order valence-electron chi connectivity index (χ3n) is 6.67. The Morgan fingerprint density at radius 3 is 1.69 bits per heavy atom. The topological polar surface area (TPSA) is 9.72 Å². The van der Waals surface area contributed by atoms with Gasteiger partial charge in [0.05, 0.1) is 0 Å². The Balaban J connectivity index is 0.000000456. The fourth-order valence-electron chi connectivity index (χ4n) is 5.18. The quantitative estimate of drug-likeness (QED) is 0.147. The van der Waals surface area contributed by atoms with Crippen LogP contribution in [0.5, 0.6) is 0 Å². The molecule has 0 radical (unpaired) electrons. The molecule has 1 aliphatic heterocycles. The fraction of sp³-hybridized carbons (Fsp3) is 0.424. The summed E-state index contributed by atoms with van der Waals surface area (Å²) in [4.78, 5) is 7.04. The molecule has 1 fully saturated rings. The number of anilines is 2. The van der Waals surface area contributed by atoms with Crippen LogP contribution in [0.25, 0.3) is 0 Å². The van der Waals surface area contributed by atoms with Crippen molar-refractivity contribution < 1.29 is 37.7 Å². The van der Waals surface area contributed by atoms with Crippen molar-refractivity contribution >= 4 is 18.6 Å². The molecule has 3 nitrogen and oxygen atoms in total. The van der Waals surface area contributed by atoms with Gasteiger partial charge in [0, 0.05) is 51.4 Å². The Bertz CT molecular complexity index is 1180. The molecule has 3 aromatic rings. The summed E-state index contributed by atoms with van der Waals surface area (Å²) in [6.45, 7) is 21.2. The van der Waals surface area contributed by atoms with Gasteiger partial charge in [-0.05, 0) is 69.0 Å². The van der Waals surface area contributed by atoms with Crippen molar-refractivity contribution in [2.75, 3.05) is 37.0 Å². The first-order chi connectivity index (χ1) is 19.1. The van der Waals surface area contributed by atoms with Crippen molar-refractivity contribution in [1.29, 1.82) is 0 Å². The molecule has 4 rings (SSSR count). The fourth-order valence-corrected chi connectivity index (χ4v) is 5.18. The van der Waals surface area contributed by atoms with E-state index in [9.17, 15) is 17.3 Å². The van der Waals surface area contributed by atoms with Crippen LogP contribution in [-0.4, -0.2) is 39.3 Å². The van der Waals surface area contributed by atoms with Gasteiger partial charge >= 0.3 is 7.25 Å². The summed E-state index contributed by atoms with van der Waals surface area (Å²) >= 11 is 0. The van der Waals surface area contributed by atoms with Crippen LogP contribution < -0.4 is 9.80 Å². The number of nitrogens with zero attached hydrogens (tertiary/aromatic N) is 3. The van der Waals surface area contributed by atoms with Gasteiger partial charge in [0.15, 0.2) is 0 Å². The maximum atomic E-state index is 9.75. The maximum absolute atomic E-state index is 9.75. The van der Waals surface area contributed by atoms with Gasteiger partial charge in [0.25, 0.3) is 0 Å². The SMILES string of the molecule is CN(C)Cc1[c-]cccc1.Cc1cc(C)c(N2[CH-]N(c3c(C(C)C)cccc3C(C)C)CC2)c(C)c1.F[B-](F)(F)F.[Pd]. The molecule has 1 saturated heterocycles. The molecule has 0 atom stereocenters. The van der Waals surface area contributed by atoms with Crippen LogP contribution in [-0.2, 0) is 27.0 Å². The Morgan fingerprint density at radius 1 is 0.810 bits per heavy atom. The predicted octanol–water partition coefficient (Wildman–Crippen LogP) is 9.15. The van der Waals surface area contributed by atoms with Crippen molar-refractivity contribution in [3.8, 4) is 0 Å².